The summed E-state index contributed by atoms with van der Waals surface area (Å²) in [5.74, 6) is -1.63. The normalized spacial score (nSPS) is 10.5. The molecule has 6 heteroatoms. The molecule has 0 fully saturated rings. The van der Waals surface area contributed by atoms with E-state index in [9.17, 15) is 14.4 Å². The van der Waals surface area contributed by atoms with E-state index in [1.54, 1.807) is 38.1 Å². The first kappa shape index (κ1) is 15.8. The van der Waals surface area contributed by atoms with Crippen LogP contribution in [0.15, 0.2) is 33.5 Å². The average Bonchev–Trinajstić information content (AvgIpc) is 2.50. The first-order valence-electron chi connectivity index (χ1n) is 6.95. The molecule has 0 spiro atoms. The van der Waals surface area contributed by atoms with Gasteiger partial charge in [-0.25, -0.2) is 4.79 Å². The maximum atomic E-state index is 12.5. The number of carbonyl (C=O) groups is 2. The largest absolute Gasteiger partial charge is 0.466 e. The van der Waals surface area contributed by atoms with Gasteiger partial charge in [-0.05, 0) is 26.0 Å². The average molecular weight is 304 g/mol. The Morgan fingerprint density at radius 2 is 1.77 bits per heavy atom. The van der Waals surface area contributed by atoms with Crippen molar-refractivity contribution in [3.63, 3.8) is 0 Å². The molecule has 1 heterocycles. The minimum atomic E-state index is -0.773. The van der Waals surface area contributed by atoms with Crippen molar-refractivity contribution in [1.29, 1.82) is 0 Å². The van der Waals surface area contributed by atoms with Crippen LogP contribution < -0.4 is 5.43 Å². The molecule has 2 aromatic rings. The monoisotopic (exact) mass is 304 g/mol. The Morgan fingerprint density at radius 1 is 1.09 bits per heavy atom. The van der Waals surface area contributed by atoms with E-state index in [1.165, 1.54) is 0 Å². The number of esters is 2. The van der Waals surface area contributed by atoms with Crippen LogP contribution in [0.5, 0.6) is 0 Å². The Labute approximate surface area is 126 Å². The second kappa shape index (κ2) is 6.89. The zero-order chi connectivity index (χ0) is 16.1. The van der Waals surface area contributed by atoms with Crippen LogP contribution in [0.4, 0.5) is 0 Å². The van der Waals surface area contributed by atoms with Gasteiger partial charge >= 0.3 is 11.9 Å². The zero-order valence-corrected chi connectivity index (χ0v) is 12.4. The Balaban J connectivity index is 2.60. The molecule has 0 aliphatic carbocycles. The van der Waals surface area contributed by atoms with Gasteiger partial charge in [0.1, 0.15) is 5.58 Å². The molecule has 2 rings (SSSR count). The van der Waals surface area contributed by atoms with E-state index in [0.717, 1.165) is 0 Å². The standard InChI is InChI=1S/C16H16O6/c1-3-20-13(17)9-11-14(18)10-7-5-6-8-12(10)22-15(11)16(19)21-4-2/h5-8H,3-4,9H2,1-2H3. The number of fused-ring (bicyclic) bond motifs is 1. The first-order valence-corrected chi connectivity index (χ1v) is 6.95. The summed E-state index contributed by atoms with van der Waals surface area (Å²) in [4.78, 5) is 36.2. The number of hydrogen-bond acceptors (Lipinski definition) is 6. The van der Waals surface area contributed by atoms with Gasteiger partial charge in [-0.1, -0.05) is 12.1 Å². The highest BCUT2D eigenvalue weighted by Crippen LogP contribution is 2.17. The van der Waals surface area contributed by atoms with Crippen LogP contribution >= 0.6 is 0 Å². The predicted octanol–water partition coefficient (Wildman–Crippen LogP) is 2.08. The zero-order valence-electron chi connectivity index (χ0n) is 12.4. The second-order valence-corrected chi connectivity index (χ2v) is 4.44. The third-order valence-corrected chi connectivity index (χ3v) is 2.98. The number of ether oxygens (including phenoxy) is 2. The molecular weight excluding hydrogens is 288 g/mol. The quantitative estimate of drug-likeness (QED) is 0.786. The summed E-state index contributed by atoms with van der Waals surface area (Å²) in [7, 11) is 0. The van der Waals surface area contributed by atoms with Gasteiger partial charge in [-0.15, -0.1) is 0 Å². The number of rotatable bonds is 5. The molecule has 0 radical (unpaired) electrons. The van der Waals surface area contributed by atoms with Gasteiger partial charge in [-0.3, -0.25) is 9.59 Å². The number of para-hydroxylation sites is 1. The van der Waals surface area contributed by atoms with E-state index >= 15 is 0 Å². The fourth-order valence-electron chi connectivity index (χ4n) is 2.06. The van der Waals surface area contributed by atoms with Crippen LogP contribution in [0.25, 0.3) is 11.0 Å². The molecular formula is C16H16O6. The highest BCUT2D eigenvalue weighted by Gasteiger charge is 2.23. The van der Waals surface area contributed by atoms with Crippen LogP contribution in [0.1, 0.15) is 30.0 Å². The van der Waals surface area contributed by atoms with E-state index in [2.05, 4.69) is 0 Å². The number of carbonyl (C=O) groups excluding carboxylic acids is 2. The maximum absolute atomic E-state index is 12.5. The van der Waals surface area contributed by atoms with Crippen molar-refractivity contribution in [2.24, 2.45) is 0 Å². The molecule has 0 bridgehead atoms. The van der Waals surface area contributed by atoms with Crippen molar-refractivity contribution in [1.82, 2.24) is 0 Å². The summed E-state index contributed by atoms with van der Waals surface area (Å²) < 4.78 is 15.2. The summed E-state index contributed by atoms with van der Waals surface area (Å²) in [5.41, 5.74) is -0.211. The first-order chi connectivity index (χ1) is 10.6. The second-order valence-electron chi connectivity index (χ2n) is 4.44. The van der Waals surface area contributed by atoms with Crippen LogP contribution in [0.2, 0.25) is 0 Å². The topological polar surface area (TPSA) is 82.8 Å². The smallest absolute Gasteiger partial charge is 0.374 e. The summed E-state index contributed by atoms with van der Waals surface area (Å²) in [6.45, 7) is 3.62. The van der Waals surface area contributed by atoms with Crippen molar-refractivity contribution in [2.75, 3.05) is 13.2 Å². The molecule has 6 nitrogen and oxygen atoms in total. The van der Waals surface area contributed by atoms with Crippen LogP contribution in [0.3, 0.4) is 0 Å². The molecule has 0 saturated carbocycles. The van der Waals surface area contributed by atoms with E-state index in [-0.39, 0.29) is 36.5 Å². The van der Waals surface area contributed by atoms with Gasteiger partial charge in [0.25, 0.3) is 0 Å². The molecule has 0 amide bonds. The summed E-state index contributed by atoms with van der Waals surface area (Å²) >= 11 is 0. The molecule has 1 aromatic carbocycles. The summed E-state index contributed by atoms with van der Waals surface area (Å²) in [6.07, 6.45) is -0.338. The molecule has 0 aliphatic rings. The third kappa shape index (κ3) is 3.16. The van der Waals surface area contributed by atoms with Crippen LogP contribution in [-0.2, 0) is 20.7 Å². The Hall–Kier alpha value is -2.63. The fraction of sp³-hybridized carbons (Fsp3) is 0.312. The highest BCUT2D eigenvalue weighted by atomic mass is 16.5. The summed E-state index contributed by atoms with van der Waals surface area (Å²) in [6, 6.07) is 6.51. The van der Waals surface area contributed by atoms with Gasteiger partial charge in [0.05, 0.1) is 30.6 Å². The summed E-state index contributed by atoms with van der Waals surface area (Å²) in [5, 5.41) is 0.301. The number of hydrogen-bond donors (Lipinski definition) is 0. The Kier molecular flexibility index (Phi) is 4.93. The SMILES string of the molecule is CCOC(=O)Cc1c(C(=O)OCC)oc2ccccc2c1=O. The van der Waals surface area contributed by atoms with Crippen molar-refractivity contribution in [2.45, 2.75) is 20.3 Å². The van der Waals surface area contributed by atoms with Crippen molar-refractivity contribution < 1.29 is 23.5 Å². The van der Waals surface area contributed by atoms with E-state index in [0.29, 0.717) is 5.39 Å². The van der Waals surface area contributed by atoms with Crippen molar-refractivity contribution >= 4 is 22.9 Å². The van der Waals surface area contributed by atoms with Crippen LogP contribution in [0, 0.1) is 0 Å². The van der Waals surface area contributed by atoms with Gasteiger partial charge in [-0.2, -0.15) is 0 Å². The van der Waals surface area contributed by atoms with Gasteiger partial charge in [0.15, 0.2) is 5.43 Å². The molecule has 1 aromatic heterocycles. The van der Waals surface area contributed by atoms with Crippen molar-refractivity contribution in [3.8, 4) is 0 Å². The lowest BCUT2D eigenvalue weighted by Crippen LogP contribution is -2.21. The predicted molar refractivity (Wildman–Crippen MR) is 78.8 cm³/mol. The van der Waals surface area contributed by atoms with E-state index in [1.807, 2.05) is 0 Å². The lowest BCUT2D eigenvalue weighted by Gasteiger charge is -2.08. The number of benzene rings is 1. The molecule has 0 unspecified atom stereocenters. The third-order valence-electron chi connectivity index (χ3n) is 2.98. The van der Waals surface area contributed by atoms with E-state index < -0.39 is 17.4 Å². The molecule has 0 atom stereocenters. The molecule has 0 N–H and O–H groups in total. The Bertz CT molecular complexity index is 759. The minimum Gasteiger partial charge on any atom is -0.466 e. The maximum Gasteiger partial charge on any atom is 0.374 e. The lowest BCUT2D eigenvalue weighted by molar-refractivity contribution is -0.142. The fourth-order valence-corrected chi connectivity index (χ4v) is 2.06. The minimum absolute atomic E-state index is 0.0457. The molecule has 0 aliphatic heterocycles. The lowest BCUT2D eigenvalue weighted by atomic mass is 10.1. The van der Waals surface area contributed by atoms with Gasteiger partial charge < -0.3 is 13.9 Å². The molecule has 22 heavy (non-hydrogen) atoms. The highest BCUT2D eigenvalue weighted by molar-refractivity contribution is 5.92. The van der Waals surface area contributed by atoms with Gasteiger partial charge in [0, 0.05) is 0 Å². The van der Waals surface area contributed by atoms with Gasteiger partial charge in [0.2, 0.25) is 5.76 Å². The molecule has 0 saturated heterocycles. The molecule has 116 valence electrons. The Morgan fingerprint density at radius 3 is 2.45 bits per heavy atom. The van der Waals surface area contributed by atoms with Crippen LogP contribution in [-0.4, -0.2) is 25.2 Å². The van der Waals surface area contributed by atoms with E-state index in [4.69, 9.17) is 13.9 Å². The van der Waals surface area contributed by atoms with Crippen molar-refractivity contribution in [3.05, 3.63) is 45.8 Å².